The molecule has 1 unspecified atom stereocenters. The normalized spacial score (nSPS) is 19.5. The van der Waals surface area contributed by atoms with Gasteiger partial charge in [0.1, 0.15) is 11.3 Å². The van der Waals surface area contributed by atoms with E-state index < -0.39 is 15.3 Å². The van der Waals surface area contributed by atoms with Gasteiger partial charge in [-0.05, 0) is 18.2 Å². The fourth-order valence-electron chi connectivity index (χ4n) is 1.91. The van der Waals surface area contributed by atoms with E-state index in [9.17, 15) is 13.2 Å². The molecule has 0 aliphatic carbocycles. The molecule has 6 nitrogen and oxygen atoms in total. The van der Waals surface area contributed by atoms with Crippen molar-refractivity contribution in [3.63, 3.8) is 0 Å². The number of rotatable bonds is 2. The van der Waals surface area contributed by atoms with Crippen molar-refractivity contribution in [3.8, 4) is 6.07 Å². The second-order valence-corrected chi connectivity index (χ2v) is 6.45. The third kappa shape index (κ3) is 2.71. The standard InChI is InChI=1S/C11H10ClN3O3S/c12-10-2-1-8(3-7(10)5-13)15-6-9(4-11(15)16)19(14,17)18/h1-3,9H,4,6H2,(H2,14,17,18). The molecule has 0 aromatic heterocycles. The third-order valence-corrected chi connectivity index (χ3v) is 4.51. The molecule has 1 aliphatic rings. The Morgan fingerprint density at radius 1 is 1.47 bits per heavy atom. The van der Waals surface area contributed by atoms with Crippen LogP contribution in [-0.2, 0) is 14.8 Å². The maximum atomic E-state index is 11.8. The number of primary sulfonamides is 1. The fourth-order valence-corrected chi connectivity index (χ4v) is 2.80. The number of carbonyl (C=O) groups is 1. The molecule has 2 N–H and O–H groups in total. The Hall–Kier alpha value is -1.62. The van der Waals surface area contributed by atoms with Crippen LogP contribution in [0.25, 0.3) is 0 Å². The van der Waals surface area contributed by atoms with Gasteiger partial charge in [-0.1, -0.05) is 11.6 Å². The van der Waals surface area contributed by atoms with Gasteiger partial charge >= 0.3 is 0 Å². The van der Waals surface area contributed by atoms with Gasteiger partial charge in [0, 0.05) is 18.7 Å². The Kier molecular flexibility index (Phi) is 3.49. The van der Waals surface area contributed by atoms with Gasteiger partial charge in [-0.2, -0.15) is 5.26 Å². The molecule has 1 saturated heterocycles. The zero-order valence-electron chi connectivity index (χ0n) is 9.71. The van der Waals surface area contributed by atoms with Crippen LogP contribution in [0, 0.1) is 11.3 Å². The first-order valence-electron chi connectivity index (χ1n) is 5.34. The van der Waals surface area contributed by atoms with Gasteiger partial charge < -0.3 is 4.90 Å². The minimum atomic E-state index is -3.75. The summed E-state index contributed by atoms with van der Waals surface area (Å²) in [6.07, 6.45) is -0.149. The second kappa shape index (κ2) is 4.81. The molecular weight excluding hydrogens is 290 g/mol. The number of hydrogen-bond donors (Lipinski definition) is 1. The van der Waals surface area contributed by atoms with Gasteiger partial charge in [-0.25, -0.2) is 13.6 Å². The summed E-state index contributed by atoms with van der Waals surface area (Å²) >= 11 is 5.80. The van der Waals surface area contributed by atoms with Crippen molar-refractivity contribution in [2.75, 3.05) is 11.4 Å². The minimum absolute atomic E-state index is 0.00975. The van der Waals surface area contributed by atoms with E-state index in [4.69, 9.17) is 22.0 Å². The molecule has 1 heterocycles. The van der Waals surface area contributed by atoms with E-state index in [1.807, 2.05) is 6.07 Å². The van der Waals surface area contributed by atoms with Crippen LogP contribution in [0.3, 0.4) is 0 Å². The molecule has 1 atom stereocenters. The first-order chi connectivity index (χ1) is 8.82. The molecule has 0 spiro atoms. The molecule has 0 radical (unpaired) electrons. The maximum Gasteiger partial charge on any atom is 0.228 e. The Morgan fingerprint density at radius 2 is 2.16 bits per heavy atom. The average Bonchev–Trinajstić information content (AvgIpc) is 2.72. The van der Waals surface area contributed by atoms with Gasteiger partial charge in [0.05, 0.1) is 10.6 Å². The quantitative estimate of drug-likeness (QED) is 0.863. The third-order valence-electron chi connectivity index (χ3n) is 2.94. The van der Waals surface area contributed by atoms with Gasteiger partial charge in [-0.3, -0.25) is 4.79 Å². The molecule has 1 aliphatic heterocycles. The van der Waals surface area contributed by atoms with E-state index in [2.05, 4.69) is 0 Å². The van der Waals surface area contributed by atoms with Gasteiger partial charge in [0.2, 0.25) is 15.9 Å². The van der Waals surface area contributed by atoms with Crippen LogP contribution in [0.2, 0.25) is 5.02 Å². The van der Waals surface area contributed by atoms with Crippen LogP contribution in [0.1, 0.15) is 12.0 Å². The SMILES string of the molecule is N#Cc1cc(N2CC(S(N)(=O)=O)CC2=O)ccc1Cl. The Morgan fingerprint density at radius 3 is 2.68 bits per heavy atom. The van der Waals surface area contributed by atoms with Crippen LogP contribution >= 0.6 is 11.6 Å². The number of nitrogens with zero attached hydrogens (tertiary/aromatic N) is 2. The monoisotopic (exact) mass is 299 g/mol. The van der Waals surface area contributed by atoms with E-state index in [-0.39, 0.29) is 29.5 Å². The van der Waals surface area contributed by atoms with Crippen molar-refractivity contribution >= 4 is 33.2 Å². The summed E-state index contributed by atoms with van der Waals surface area (Å²) in [6, 6.07) is 6.41. The molecule has 1 amide bonds. The molecule has 1 aromatic carbocycles. The number of nitrogens with two attached hydrogens (primary N) is 1. The zero-order valence-corrected chi connectivity index (χ0v) is 11.3. The van der Waals surface area contributed by atoms with Crippen LogP contribution in [0.15, 0.2) is 18.2 Å². The Bertz CT molecular complexity index is 681. The van der Waals surface area contributed by atoms with Crippen molar-refractivity contribution in [2.24, 2.45) is 5.14 Å². The lowest BCUT2D eigenvalue weighted by atomic mass is 10.2. The number of anilines is 1. The molecule has 0 bridgehead atoms. The molecule has 0 saturated carbocycles. The number of benzene rings is 1. The van der Waals surface area contributed by atoms with E-state index >= 15 is 0 Å². The average molecular weight is 300 g/mol. The van der Waals surface area contributed by atoms with Crippen LogP contribution in [-0.4, -0.2) is 26.1 Å². The van der Waals surface area contributed by atoms with E-state index in [1.54, 1.807) is 6.07 Å². The number of sulfonamides is 1. The largest absolute Gasteiger partial charge is 0.311 e. The molecule has 19 heavy (non-hydrogen) atoms. The van der Waals surface area contributed by atoms with Crippen molar-refractivity contribution in [3.05, 3.63) is 28.8 Å². The first-order valence-corrected chi connectivity index (χ1v) is 7.33. The lowest BCUT2D eigenvalue weighted by Gasteiger charge is -2.16. The number of halogens is 1. The summed E-state index contributed by atoms with van der Waals surface area (Å²) in [7, 11) is -3.75. The van der Waals surface area contributed by atoms with Crippen LogP contribution in [0.4, 0.5) is 5.69 Å². The molecule has 1 aromatic rings. The summed E-state index contributed by atoms with van der Waals surface area (Å²) < 4.78 is 22.5. The maximum absolute atomic E-state index is 11.8. The minimum Gasteiger partial charge on any atom is -0.311 e. The highest BCUT2D eigenvalue weighted by atomic mass is 35.5. The van der Waals surface area contributed by atoms with Crippen molar-refractivity contribution in [1.29, 1.82) is 5.26 Å². The molecule has 8 heteroatoms. The molecule has 100 valence electrons. The number of amides is 1. The highest BCUT2D eigenvalue weighted by Crippen LogP contribution is 2.27. The predicted octanol–water partition coefficient (Wildman–Crippen LogP) is 0.605. The van der Waals surface area contributed by atoms with E-state index in [0.29, 0.717) is 5.69 Å². The van der Waals surface area contributed by atoms with Crippen LogP contribution < -0.4 is 10.0 Å². The lowest BCUT2D eigenvalue weighted by molar-refractivity contribution is -0.117. The summed E-state index contributed by atoms with van der Waals surface area (Å²) in [4.78, 5) is 13.1. The second-order valence-electron chi connectivity index (χ2n) is 4.20. The topological polar surface area (TPSA) is 104 Å². The highest BCUT2D eigenvalue weighted by molar-refractivity contribution is 7.89. The van der Waals surface area contributed by atoms with E-state index in [1.165, 1.54) is 17.0 Å². The number of nitriles is 1. The van der Waals surface area contributed by atoms with Gasteiger partial charge in [-0.15, -0.1) is 0 Å². The molecular formula is C11H10ClN3O3S. The zero-order chi connectivity index (χ0) is 14.2. The van der Waals surface area contributed by atoms with Crippen molar-refractivity contribution < 1.29 is 13.2 Å². The predicted molar refractivity (Wildman–Crippen MR) is 70.0 cm³/mol. The Balaban J connectivity index is 2.34. The highest BCUT2D eigenvalue weighted by Gasteiger charge is 2.37. The first kappa shape index (κ1) is 13.8. The molecule has 2 rings (SSSR count). The van der Waals surface area contributed by atoms with Gasteiger partial charge in [0.25, 0.3) is 0 Å². The summed E-state index contributed by atoms with van der Waals surface area (Å²) in [6.45, 7) is -0.00975. The van der Waals surface area contributed by atoms with Gasteiger partial charge in [0.15, 0.2) is 0 Å². The summed E-state index contributed by atoms with van der Waals surface area (Å²) in [5, 5.41) is 13.3. The van der Waals surface area contributed by atoms with Crippen molar-refractivity contribution in [1.82, 2.24) is 0 Å². The van der Waals surface area contributed by atoms with Crippen molar-refractivity contribution in [2.45, 2.75) is 11.7 Å². The van der Waals surface area contributed by atoms with E-state index in [0.717, 1.165) is 0 Å². The smallest absolute Gasteiger partial charge is 0.228 e. The summed E-state index contributed by atoms with van der Waals surface area (Å²) in [5.41, 5.74) is 0.670. The fraction of sp³-hybridized carbons (Fsp3) is 0.273. The number of hydrogen-bond acceptors (Lipinski definition) is 4. The van der Waals surface area contributed by atoms with Crippen LogP contribution in [0.5, 0.6) is 0 Å². The summed E-state index contributed by atoms with van der Waals surface area (Å²) in [5.74, 6) is -0.342. The Labute approximate surface area is 115 Å². The lowest BCUT2D eigenvalue weighted by Crippen LogP contribution is -2.32. The molecule has 1 fully saturated rings. The number of carbonyl (C=O) groups excluding carboxylic acids is 1.